The van der Waals surface area contributed by atoms with Gasteiger partial charge in [-0.3, -0.25) is 0 Å². The van der Waals surface area contributed by atoms with Gasteiger partial charge >= 0.3 is 0 Å². The van der Waals surface area contributed by atoms with E-state index in [9.17, 15) is 0 Å². The standard InChI is InChI=1S/C10H18N4/c1-5-7(2)12-10-6-9(11-4)13-8(3)14-10/h6-7H,5H2,1-4H3,(H2,11,12,13,14)/t7-/m1/s1. The van der Waals surface area contributed by atoms with E-state index >= 15 is 0 Å². The fourth-order valence-electron chi connectivity index (χ4n) is 1.12. The molecule has 1 aromatic rings. The third-order valence-electron chi connectivity index (χ3n) is 2.10. The van der Waals surface area contributed by atoms with Gasteiger partial charge in [0.05, 0.1) is 0 Å². The van der Waals surface area contributed by atoms with E-state index < -0.39 is 0 Å². The van der Waals surface area contributed by atoms with Crippen LogP contribution in [0, 0.1) is 6.92 Å². The monoisotopic (exact) mass is 194 g/mol. The molecule has 0 bridgehead atoms. The van der Waals surface area contributed by atoms with Crippen molar-refractivity contribution in [1.29, 1.82) is 0 Å². The molecule has 14 heavy (non-hydrogen) atoms. The zero-order valence-corrected chi connectivity index (χ0v) is 9.26. The third-order valence-corrected chi connectivity index (χ3v) is 2.10. The summed E-state index contributed by atoms with van der Waals surface area (Å²) in [7, 11) is 1.86. The first-order valence-electron chi connectivity index (χ1n) is 4.95. The van der Waals surface area contributed by atoms with Crippen LogP contribution in [0.2, 0.25) is 0 Å². The largest absolute Gasteiger partial charge is 0.373 e. The number of aryl methyl sites for hydroxylation is 1. The first-order chi connectivity index (χ1) is 6.65. The van der Waals surface area contributed by atoms with Crippen molar-refractivity contribution in [2.75, 3.05) is 17.7 Å². The van der Waals surface area contributed by atoms with Crippen LogP contribution in [0.25, 0.3) is 0 Å². The van der Waals surface area contributed by atoms with Crippen molar-refractivity contribution < 1.29 is 0 Å². The summed E-state index contributed by atoms with van der Waals surface area (Å²) in [5, 5.41) is 6.32. The normalized spacial score (nSPS) is 12.3. The maximum absolute atomic E-state index is 4.31. The Bertz CT molecular complexity index is 298. The molecule has 2 N–H and O–H groups in total. The van der Waals surface area contributed by atoms with Crippen molar-refractivity contribution in [2.24, 2.45) is 0 Å². The summed E-state index contributed by atoms with van der Waals surface area (Å²) in [6, 6.07) is 2.35. The highest BCUT2D eigenvalue weighted by molar-refractivity contribution is 5.47. The Kier molecular flexibility index (Phi) is 3.68. The highest BCUT2D eigenvalue weighted by Gasteiger charge is 2.02. The second-order valence-electron chi connectivity index (χ2n) is 3.39. The van der Waals surface area contributed by atoms with Crippen LogP contribution in [0.3, 0.4) is 0 Å². The first kappa shape index (κ1) is 10.8. The lowest BCUT2D eigenvalue weighted by Gasteiger charge is -2.13. The predicted molar refractivity (Wildman–Crippen MR) is 59.7 cm³/mol. The molecule has 4 nitrogen and oxygen atoms in total. The Balaban J connectivity index is 2.81. The van der Waals surface area contributed by atoms with Crippen molar-refractivity contribution in [2.45, 2.75) is 33.2 Å². The summed E-state index contributed by atoms with van der Waals surface area (Å²) in [6.07, 6.45) is 1.08. The van der Waals surface area contributed by atoms with Gasteiger partial charge in [0.25, 0.3) is 0 Å². The lowest BCUT2D eigenvalue weighted by Crippen LogP contribution is -2.15. The Morgan fingerprint density at radius 1 is 1.36 bits per heavy atom. The van der Waals surface area contributed by atoms with Crippen LogP contribution in [0.5, 0.6) is 0 Å². The first-order valence-corrected chi connectivity index (χ1v) is 4.95. The van der Waals surface area contributed by atoms with Gasteiger partial charge in [-0.25, -0.2) is 9.97 Å². The minimum atomic E-state index is 0.439. The van der Waals surface area contributed by atoms with Crippen LogP contribution >= 0.6 is 0 Å². The lowest BCUT2D eigenvalue weighted by atomic mass is 10.2. The van der Waals surface area contributed by atoms with Crippen molar-refractivity contribution in [3.05, 3.63) is 11.9 Å². The number of nitrogens with one attached hydrogen (secondary N) is 2. The molecule has 0 unspecified atom stereocenters. The van der Waals surface area contributed by atoms with Gasteiger partial charge in [-0.05, 0) is 20.3 Å². The van der Waals surface area contributed by atoms with Crippen LogP contribution in [0.4, 0.5) is 11.6 Å². The molecule has 1 heterocycles. The molecule has 0 saturated heterocycles. The second-order valence-corrected chi connectivity index (χ2v) is 3.39. The number of rotatable bonds is 4. The van der Waals surface area contributed by atoms with Crippen molar-refractivity contribution >= 4 is 11.6 Å². The van der Waals surface area contributed by atoms with Gasteiger partial charge in [0.1, 0.15) is 17.5 Å². The molecule has 0 fully saturated rings. The SMILES string of the molecule is CC[C@@H](C)Nc1cc(NC)nc(C)n1. The van der Waals surface area contributed by atoms with Crippen LogP contribution in [0.15, 0.2) is 6.07 Å². The van der Waals surface area contributed by atoms with E-state index in [2.05, 4.69) is 34.4 Å². The van der Waals surface area contributed by atoms with Gasteiger partial charge in [-0.2, -0.15) is 0 Å². The van der Waals surface area contributed by atoms with E-state index in [0.29, 0.717) is 6.04 Å². The molecule has 0 aliphatic carbocycles. The zero-order chi connectivity index (χ0) is 10.6. The summed E-state index contributed by atoms with van der Waals surface area (Å²) in [6.45, 7) is 6.17. The second kappa shape index (κ2) is 4.79. The van der Waals surface area contributed by atoms with E-state index in [1.807, 2.05) is 20.0 Å². The molecule has 0 saturated carbocycles. The predicted octanol–water partition coefficient (Wildman–Crippen LogP) is 2.04. The van der Waals surface area contributed by atoms with Gasteiger partial charge in [0.2, 0.25) is 0 Å². The highest BCUT2D eigenvalue weighted by Crippen LogP contribution is 2.11. The quantitative estimate of drug-likeness (QED) is 0.770. The van der Waals surface area contributed by atoms with E-state index in [1.165, 1.54) is 0 Å². The molecule has 4 heteroatoms. The van der Waals surface area contributed by atoms with Gasteiger partial charge in [-0.1, -0.05) is 6.92 Å². The average Bonchev–Trinajstić information content (AvgIpc) is 2.16. The average molecular weight is 194 g/mol. The molecule has 1 rings (SSSR count). The van der Waals surface area contributed by atoms with E-state index in [4.69, 9.17) is 0 Å². The molecule has 0 aromatic carbocycles. The van der Waals surface area contributed by atoms with Crippen LogP contribution in [-0.2, 0) is 0 Å². The number of hydrogen-bond acceptors (Lipinski definition) is 4. The van der Waals surface area contributed by atoms with Crippen molar-refractivity contribution in [1.82, 2.24) is 9.97 Å². The molecular formula is C10H18N4. The molecule has 78 valence electrons. The summed E-state index contributed by atoms with van der Waals surface area (Å²) >= 11 is 0. The van der Waals surface area contributed by atoms with E-state index in [-0.39, 0.29) is 0 Å². The van der Waals surface area contributed by atoms with E-state index in [1.54, 1.807) is 0 Å². The Morgan fingerprint density at radius 3 is 2.57 bits per heavy atom. The lowest BCUT2D eigenvalue weighted by molar-refractivity contribution is 0.757. The third kappa shape index (κ3) is 2.87. The minimum absolute atomic E-state index is 0.439. The highest BCUT2D eigenvalue weighted by atomic mass is 15.1. The van der Waals surface area contributed by atoms with Gasteiger partial charge in [0.15, 0.2) is 0 Å². The molecule has 0 amide bonds. The summed E-state index contributed by atoms with van der Waals surface area (Å²) in [4.78, 5) is 8.53. The summed E-state index contributed by atoms with van der Waals surface area (Å²) in [5.41, 5.74) is 0. The number of hydrogen-bond donors (Lipinski definition) is 2. The molecular weight excluding hydrogens is 176 g/mol. The fraction of sp³-hybridized carbons (Fsp3) is 0.600. The van der Waals surface area contributed by atoms with Gasteiger partial charge < -0.3 is 10.6 Å². The van der Waals surface area contributed by atoms with E-state index in [0.717, 1.165) is 23.9 Å². The van der Waals surface area contributed by atoms with Crippen LogP contribution in [-0.4, -0.2) is 23.1 Å². The summed E-state index contributed by atoms with van der Waals surface area (Å²) in [5.74, 6) is 2.52. The maximum Gasteiger partial charge on any atom is 0.132 e. The zero-order valence-electron chi connectivity index (χ0n) is 9.26. The summed E-state index contributed by atoms with van der Waals surface area (Å²) < 4.78 is 0. The molecule has 0 radical (unpaired) electrons. The van der Waals surface area contributed by atoms with Crippen molar-refractivity contribution in [3.8, 4) is 0 Å². The fourth-order valence-corrected chi connectivity index (χ4v) is 1.12. The minimum Gasteiger partial charge on any atom is -0.373 e. The van der Waals surface area contributed by atoms with Crippen LogP contribution < -0.4 is 10.6 Å². The Labute approximate surface area is 85.2 Å². The Hall–Kier alpha value is -1.32. The van der Waals surface area contributed by atoms with Crippen molar-refractivity contribution in [3.63, 3.8) is 0 Å². The van der Waals surface area contributed by atoms with Gasteiger partial charge in [-0.15, -0.1) is 0 Å². The molecule has 1 atom stereocenters. The Morgan fingerprint density at radius 2 is 2.00 bits per heavy atom. The molecule has 0 spiro atoms. The molecule has 0 aliphatic heterocycles. The number of anilines is 2. The molecule has 1 aromatic heterocycles. The topological polar surface area (TPSA) is 49.8 Å². The molecule has 0 aliphatic rings. The maximum atomic E-state index is 4.31. The smallest absolute Gasteiger partial charge is 0.132 e. The van der Waals surface area contributed by atoms with Gasteiger partial charge in [0, 0.05) is 19.2 Å². The number of aromatic nitrogens is 2. The van der Waals surface area contributed by atoms with Crippen LogP contribution in [0.1, 0.15) is 26.1 Å². The number of nitrogens with zero attached hydrogens (tertiary/aromatic N) is 2.